The fourth-order valence-electron chi connectivity index (χ4n) is 1.91. The Morgan fingerprint density at radius 3 is 2.30 bits per heavy atom. The number of anilines is 2. The van der Waals surface area contributed by atoms with Gasteiger partial charge in [0.1, 0.15) is 0 Å². The van der Waals surface area contributed by atoms with Crippen LogP contribution in [0.4, 0.5) is 11.6 Å². The van der Waals surface area contributed by atoms with Crippen LogP contribution in [0.15, 0.2) is 12.4 Å². The number of nitrogens with one attached hydrogen (secondary N) is 1. The van der Waals surface area contributed by atoms with Crippen molar-refractivity contribution in [3.8, 4) is 0 Å². The molecule has 2 aromatic heterocycles. The van der Waals surface area contributed by atoms with E-state index in [4.69, 9.17) is 0 Å². The Kier molecular flexibility index (Phi) is 3.69. The van der Waals surface area contributed by atoms with Crippen molar-refractivity contribution < 1.29 is 4.79 Å². The van der Waals surface area contributed by atoms with Gasteiger partial charge in [0.25, 0.3) is 5.91 Å². The molecule has 0 radical (unpaired) electrons. The maximum absolute atomic E-state index is 12.3. The number of hydrogen-bond acceptors (Lipinski definition) is 5. The van der Waals surface area contributed by atoms with Gasteiger partial charge in [-0.05, 0) is 13.8 Å². The highest BCUT2D eigenvalue weighted by atomic mass is 16.1. The zero-order valence-corrected chi connectivity index (χ0v) is 12.3. The summed E-state index contributed by atoms with van der Waals surface area (Å²) in [5.41, 5.74) is 2.67. The van der Waals surface area contributed by atoms with E-state index in [1.807, 2.05) is 35.0 Å². The van der Waals surface area contributed by atoms with Crippen LogP contribution in [0.25, 0.3) is 0 Å². The smallest absolute Gasteiger partial charge is 0.259 e. The van der Waals surface area contributed by atoms with Crippen LogP contribution in [0, 0.1) is 13.8 Å². The van der Waals surface area contributed by atoms with Gasteiger partial charge in [-0.2, -0.15) is 5.10 Å². The number of hydrogen-bond donors (Lipinski definition) is 1. The third-order valence-corrected chi connectivity index (χ3v) is 3.03. The summed E-state index contributed by atoms with van der Waals surface area (Å²) in [4.78, 5) is 22.4. The van der Waals surface area contributed by atoms with Crippen molar-refractivity contribution in [3.05, 3.63) is 29.3 Å². The third kappa shape index (κ3) is 2.61. The molecule has 0 aliphatic heterocycles. The first-order valence-corrected chi connectivity index (χ1v) is 6.21. The molecule has 2 rings (SSSR count). The van der Waals surface area contributed by atoms with E-state index in [9.17, 15) is 4.79 Å². The summed E-state index contributed by atoms with van der Waals surface area (Å²) in [5, 5.41) is 7.01. The molecule has 0 bridgehead atoms. The molecule has 2 heterocycles. The van der Waals surface area contributed by atoms with E-state index < -0.39 is 0 Å². The fourth-order valence-corrected chi connectivity index (χ4v) is 1.91. The van der Waals surface area contributed by atoms with Gasteiger partial charge >= 0.3 is 0 Å². The summed E-state index contributed by atoms with van der Waals surface area (Å²) < 4.78 is 1.69. The van der Waals surface area contributed by atoms with Crippen LogP contribution >= 0.6 is 0 Å². The molecule has 2 aromatic rings. The fraction of sp³-hybridized carbons (Fsp3) is 0.385. The lowest BCUT2D eigenvalue weighted by Gasteiger charge is -2.10. The maximum Gasteiger partial charge on any atom is 0.259 e. The highest BCUT2D eigenvalue weighted by Crippen LogP contribution is 2.15. The molecule has 7 heteroatoms. The summed E-state index contributed by atoms with van der Waals surface area (Å²) in [6.45, 7) is 3.67. The molecule has 0 spiro atoms. The largest absolute Gasteiger partial charge is 0.347 e. The first-order chi connectivity index (χ1) is 9.40. The Labute approximate surface area is 117 Å². The van der Waals surface area contributed by atoms with Crippen LogP contribution in [-0.2, 0) is 7.05 Å². The minimum Gasteiger partial charge on any atom is -0.347 e. The van der Waals surface area contributed by atoms with Gasteiger partial charge in [-0.15, -0.1) is 0 Å². The zero-order valence-electron chi connectivity index (χ0n) is 12.3. The van der Waals surface area contributed by atoms with Crippen LogP contribution in [0.1, 0.15) is 21.7 Å². The lowest BCUT2D eigenvalue weighted by molar-refractivity contribution is 0.102. The standard InChI is InChI=1S/C13H18N6O/c1-8-11(9(2)19(5)17-8)12(20)16-10-6-14-13(15-7-10)18(3)4/h6-7H,1-5H3,(H,16,20). The van der Waals surface area contributed by atoms with Crippen molar-refractivity contribution in [1.82, 2.24) is 19.7 Å². The SMILES string of the molecule is Cc1nn(C)c(C)c1C(=O)Nc1cnc(N(C)C)nc1. The van der Waals surface area contributed by atoms with Crippen LogP contribution < -0.4 is 10.2 Å². The predicted octanol–water partition coefficient (Wildman–Crippen LogP) is 1.15. The summed E-state index contributed by atoms with van der Waals surface area (Å²) >= 11 is 0. The van der Waals surface area contributed by atoms with Crippen molar-refractivity contribution >= 4 is 17.5 Å². The summed E-state index contributed by atoms with van der Waals surface area (Å²) in [7, 11) is 5.53. The zero-order chi connectivity index (χ0) is 14.9. The van der Waals surface area contributed by atoms with Crippen LogP contribution in [0.2, 0.25) is 0 Å². The molecule has 0 aliphatic carbocycles. The van der Waals surface area contributed by atoms with Gasteiger partial charge in [-0.3, -0.25) is 9.48 Å². The topological polar surface area (TPSA) is 75.9 Å². The summed E-state index contributed by atoms with van der Waals surface area (Å²) in [5.74, 6) is 0.394. The van der Waals surface area contributed by atoms with E-state index in [-0.39, 0.29) is 5.91 Å². The number of aromatic nitrogens is 4. The molecule has 1 amide bonds. The molecule has 0 saturated heterocycles. The Morgan fingerprint density at radius 2 is 1.85 bits per heavy atom. The molecule has 0 atom stereocenters. The Hall–Kier alpha value is -2.44. The van der Waals surface area contributed by atoms with Gasteiger partial charge in [0.2, 0.25) is 5.95 Å². The first-order valence-electron chi connectivity index (χ1n) is 6.21. The monoisotopic (exact) mass is 274 g/mol. The molecule has 0 saturated carbocycles. The van der Waals surface area contributed by atoms with Gasteiger partial charge in [-0.25, -0.2) is 9.97 Å². The number of amides is 1. The van der Waals surface area contributed by atoms with Crippen LogP contribution in [0.5, 0.6) is 0 Å². The van der Waals surface area contributed by atoms with Gasteiger partial charge in [-0.1, -0.05) is 0 Å². The Bertz CT molecular complexity index is 629. The lowest BCUT2D eigenvalue weighted by Crippen LogP contribution is -2.16. The average Bonchev–Trinajstić information content (AvgIpc) is 2.63. The number of carbonyl (C=O) groups excluding carboxylic acids is 1. The second kappa shape index (κ2) is 5.28. The van der Waals surface area contributed by atoms with Gasteiger partial charge < -0.3 is 10.2 Å². The molecule has 1 N–H and O–H groups in total. The minimum absolute atomic E-state index is 0.200. The number of aryl methyl sites for hydroxylation is 2. The quantitative estimate of drug-likeness (QED) is 0.908. The molecule has 0 unspecified atom stereocenters. The Morgan fingerprint density at radius 1 is 1.25 bits per heavy atom. The molecule has 7 nitrogen and oxygen atoms in total. The van der Waals surface area contributed by atoms with Crippen molar-refractivity contribution in [1.29, 1.82) is 0 Å². The minimum atomic E-state index is -0.200. The highest BCUT2D eigenvalue weighted by Gasteiger charge is 2.17. The molecular formula is C13H18N6O. The number of rotatable bonds is 3. The van der Waals surface area contributed by atoms with Crippen LogP contribution in [0.3, 0.4) is 0 Å². The lowest BCUT2D eigenvalue weighted by atomic mass is 10.2. The van der Waals surface area contributed by atoms with Gasteiger partial charge in [0.15, 0.2) is 0 Å². The summed E-state index contributed by atoms with van der Waals surface area (Å²) in [6.07, 6.45) is 3.17. The van der Waals surface area contributed by atoms with E-state index in [2.05, 4.69) is 20.4 Å². The molecule has 20 heavy (non-hydrogen) atoms. The molecule has 0 aromatic carbocycles. The first kappa shape index (κ1) is 14.0. The molecule has 106 valence electrons. The van der Waals surface area contributed by atoms with E-state index in [0.29, 0.717) is 22.9 Å². The second-order valence-corrected chi connectivity index (χ2v) is 4.79. The van der Waals surface area contributed by atoms with Gasteiger partial charge in [0, 0.05) is 26.8 Å². The van der Waals surface area contributed by atoms with Crippen molar-refractivity contribution in [2.45, 2.75) is 13.8 Å². The third-order valence-electron chi connectivity index (χ3n) is 3.03. The maximum atomic E-state index is 12.3. The average molecular weight is 274 g/mol. The van der Waals surface area contributed by atoms with Crippen molar-refractivity contribution in [2.75, 3.05) is 24.3 Å². The van der Waals surface area contributed by atoms with Crippen LogP contribution in [-0.4, -0.2) is 39.8 Å². The highest BCUT2D eigenvalue weighted by molar-refractivity contribution is 6.05. The van der Waals surface area contributed by atoms with E-state index in [1.54, 1.807) is 22.0 Å². The predicted molar refractivity (Wildman–Crippen MR) is 77.0 cm³/mol. The van der Waals surface area contributed by atoms with E-state index in [1.165, 1.54) is 0 Å². The van der Waals surface area contributed by atoms with E-state index in [0.717, 1.165) is 5.69 Å². The van der Waals surface area contributed by atoms with Gasteiger partial charge in [0.05, 0.1) is 29.3 Å². The van der Waals surface area contributed by atoms with Crippen molar-refractivity contribution in [2.24, 2.45) is 7.05 Å². The molecule has 0 fully saturated rings. The normalized spacial score (nSPS) is 10.4. The number of carbonyl (C=O) groups is 1. The van der Waals surface area contributed by atoms with E-state index >= 15 is 0 Å². The number of nitrogens with zero attached hydrogens (tertiary/aromatic N) is 5. The second-order valence-electron chi connectivity index (χ2n) is 4.79. The Balaban J connectivity index is 2.19. The summed E-state index contributed by atoms with van der Waals surface area (Å²) in [6, 6.07) is 0. The molecule has 0 aliphatic rings. The molecular weight excluding hydrogens is 256 g/mol. The van der Waals surface area contributed by atoms with Crippen molar-refractivity contribution in [3.63, 3.8) is 0 Å².